The number of amidine groups is 2. The van der Waals surface area contributed by atoms with Gasteiger partial charge in [0.05, 0.1) is 6.54 Å². The van der Waals surface area contributed by atoms with Gasteiger partial charge in [-0.3, -0.25) is 0 Å². The largest absolute Gasteiger partial charge is 0.458 e. The van der Waals surface area contributed by atoms with E-state index < -0.39 is 0 Å². The van der Waals surface area contributed by atoms with Crippen LogP contribution in [0, 0.1) is 0 Å². The summed E-state index contributed by atoms with van der Waals surface area (Å²) in [6.45, 7) is 0.582. The van der Waals surface area contributed by atoms with Gasteiger partial charge in [0.15, 0.2) is 5.84 Å². The number of nitrogens with one attached hydrogen (secondary N) is 2. The van der Waals surface area contributed by atoms with Gasteiger partial charge >= 0.3 is 0 Å². The van der Waals surface area contributed by atoms with E-state index >= 15 is 0 Å². The Morgan fingerprint density at radius 1 is 0.646 bits per heavy atom. The number of furan rings is 2. The van der Waals surface area contributed by atoms with Crippen molar-refractivity contribution in [2.75, 3.05) is 0 Å². The van der Waals surface area contributed by atoms with Crippen LogP contribution in [0.15, 0.2) is 158 Å². The fourth-order valence-corrected chi connectivity index (χ4v) is 7.15. The molecule has 10 rings (SSSR count). The Morgan fingerprint density at radius 2 is 1.42 bits per heavy atom. The van der Waals surface area contributed by atoms with Crippen LogP contribution in [0.25, 0.3) is 60.4 Å². The van der Waals surface area contributed by atoms with E-state index in [-0.39, 0.29) is 6.17 Å². The maximum absolute atomic E-state index is 6.63. The molecule has 1 unspecified atom stereocenters. The highest BCUT2D eigenvalue weighted by atomic mass is 16.3. The molecule has 2 aliphatic rings. The van der Waals surface area contributed by atoms with Crippen LogP contribution in [0.1, 0.15) is 28.6 Å². The van der Waals surface area contributed by atoms with E-state index in [1.165, 1.54) is 5.39 Å². The molecule has 2 aromatic heterocycles. The zero-order chi connectivity index (χ0) is 31.6. The van der Waals surface area contributed by atoms with Crippen LogP contribution in [0.2, 0.25) is 0 Å². The third-order valence-corrected chi connectivity index (χ3v) is 9.38. The molecule has 4 heterocycles. The minimum Gasteiger partial charge on any atom is -0.458 e. The van der Waals surface area contributed by atoms with Crippen molar-refractivity contribution >= 4 is 60.9 Å². The first-order valence-electron chi connectivity index (χ1n) is 16.1. The Morgan fingerprint density at radius 3 is 2.35 bits per heavy atom. The third-order valence-electron chi connectivity index (χ3n) is 9.38. The second-order valence-corrected chi connectivity index (χ2v) is 12.2. The van der Waals surface area contributed by atoms with Gasteiger partial charge < -0.3 is 19.5 Å². The molecule has 0 saturated heterocycles. The second kappa shape index (κ2) is 10.6. The quantitative estimate of drug-likeness (QED) is 0.205. The lowest BCUT2D eigenvalue weighted by Crippen LogP contribution is -2.34. The highest BCUT2D eigenvalue weighted by Crippen LogP contribution is 2.40. The molecule has 0 bridgehead atoms. The lowest BCUT2D eigenvalue weighted by molar-refractivity contribution is 0.532. The van der Waals surface area contributed by atoms with Crippen LogP contribution >= 0.6 is 0 Å². The zero-order valence-corrected chi connectivity index (χ0v) is 25.8. The van der Waals surface area contributed by atoms with Gasteiger partial charge in [-0.25, -0.2) is 9.98 Å². The van der Waals surface area contributed by atoms with E-state index in [4.69, 9.17) is 18.8 Å². The lowest BCUT2D eigenvalue weighted by atomic mass is 9.96. The van der Waals surface area contributed by atoms with Gasteiger partial charge in [-0.2, -0.15) is 0 Å². The summed E-state index contributed by atoms with van der Waals surface area (Å²) < 4.78 is 12.9. The van der Waals surface area contributed by atoms with Crippen molar-refractivity contribution in [1.29, 1.82) is 0 Å². The van der Waals surface area contributed by atoms with Crippen LogP contribution in [-0.4, -0.2) is 11.7 Å². The Balaban J connectivity index is 1.18. The van der Waals surface area contributed by atoms with Gasteiger partial charge in [0.1, 0.15) is 34.5 Å². The van der Waals surface area contributed by atoms with Crippen LogP contribution in [0.3, 0.4) is 0 Å². The van der Waals surface area contributed by atoms with Crippen molar-refractivity contribution in [2.45, 2.75) is 12.7 Å². The van der Waals surface area contributed by atoms with E-state index in [2.05, 4.69) is 108 Å². The second-order valence-electron chi connectivity index (χ2n) is 12.2. The molecular formula is C42H28N4O2. The smallest absolute Gasteiger partial charge is 0.161 e. The van der Waals surface area contributed by atoms with E-state index in [1.807, 2.05) is 42.6 Å². The van der Waals surface area contributed by atoms with Crippen molar-refractivity contribution in [1.82, 2.24) is 10.6 Å². The molecule has 1 atom stereocenters. The lowest BCUT2D eigenvalue weighted by Gasteiger charge is -2.26. The molecule has 6 heteroatoms. The van der Waals surface area contributed by atoms with Gasteiger partial charge in [-0.1, -0.05) is 115 Å². The maximum Gasteiger partial charge on any atom is 0.161 e. The van der Waals surface area contributed by atoms with Gasteiger partial charge in [-0.05, 0) is 40.1 Å². The molecule has 0 aliphatic carbocycles. The Labute approximate surface area is 275 Å². The van der Waals surface area contributed by atoms with Crippen molar-refractivity contribution in [2.24, 2.45) is 9.98 Å². The summed E-state index contributed by atoms with van der Waals surface area (Å²) in [5, 5.41) is 12.6. The van der Waals surface area contributed by atoms with E-state index in [0.717, 1.165) is 83.3 Å². The molecule has 0 fully saturated rings. The van der Waals surface area contributed by atoms with Gasteiger partial charge in [-0.15, -0.1) is 0 Å². The van der Waals surface area contributed by atoms with E-state index in [9.17, 15) is 0 Å². The van der Waals surface area contributed by atoms with E-state index in [0.29, 0.717) is 12.4 Å². The van der Waals surface area contributed by atoms with Crippen LogP contribution < -0.4 is 10.6 Å². The number of rotatable bonds is 4. The first kappa shape index (κ1) is 26.8. The third kappa shape index (κ3) is 4.19. The van der Waals surface area contributed by atoms with Gasteiger partial charge in [0, 0.05) is 44.6 Å². The standard InChI is InChI=1S/C42H28N4O2/c1-2-11-26(12-3-1)29-15-8-16-31-38-33(23-43-24-36(38)48-39(29)31)42-45-40(28-21-20-25-10-4-5-13-27(25)22-28)44-41(46-42)32-17-9-19-35-37(32)30-14-6-7-18-34(30)47-35/h1-23,40,43H,24H2,(H,44,45,46). The molecule has 0 radical (unpaired) electrons. The fraction of sp³-hybridized carbons (Fsp3) is 0.0476. The van der Waals surface area contributed by atoms with Crippen molar-refractivity contribution < 1.29 is 8.83 Å². The average Bonchev–Trinajstić information content (AvgIpc) is 3.73. The molecule has 0 saturated carbocycles. The van der Waals surface area contributed by atoms with Crippen molar-refractivity contribution in [3.63, 3.8) is 0 Å². The molecular weight excluding hydrogens is 592 g/mol. The van der Waals surface area contributed by atoms with Crippen molar-refractivity contribution in [3.8, 4) is 11.1 Å². The molecule has 2 N–H and O–H groups in total. The molecule has 2 aliphatic heterocycles. The number of fused-ring (bicyclic) bond motifs is 7. The highest BCUT2D eigenvalue weighted by Gasteiger charge is 2.30. The normalized spacial score (nSPS) is 15.9. The molecule has 228 valence electrons. The van der Waals surface area contributed by atoms with Crippen molar-refractivity contribution in [3.05, 3.63) is 162 Å². The molecule has 0 amide bonds. The summed E-state index contributed by atoms with van der Waals surface area (Å²) in [7, 11) is 0. The Bertz CT molecular complexity index is 2660. The topological polar surface area (TPSA) is 75.1 Å². The average molecular weight is 621 g/mol. The zero-order valence-electron chi connectivity index (χ0n) is 25.8. The molecule has 6 aromatic carbocycles. The van der Waals surface area contributed by atoms with E-state index in [1.54, 1.807) is 0 Å². The number of aliphatic imine (C=N–C) groups is 2. The summed E-state index contributed by atoms with van der Waals surface area (Å²) in [6, 6.07) is 46.0. The summed E-state index contributed by atoms with van der Waals surface area (Å²) in [5.74, 6) is 2.24. The number of benzene rings is 6. The monoisotopic (exact) mass is 620 g/mol. The number of hydrogen-bond donors (Lipinski definition) is 2. The number of hydrogen-bond acceptors (Lipinski definition) is 6. The van der Waals surface area contributed by atoms with Gasteiger partial charge in [0.25, 0.3) is 0 Å². The predicted molar refractivity (Wildman–Crippen MR) is 194 cm³/mol. The molecule has 8 aromatic rings. The first-order chi connectivity index (χ1) is 23.8. The predicted octanol–water partition coefficient (Wildman–Crippen LogP) is 9.74. The van der Waals surface area contributed by atoms with Crippen LogP contribution in [0.4, 0.5) is 0 Å². The van der Waals surface area contributed by atoms with Crippen LogP contribution in [-0.2, 0) is 6.54 Å². The minimum atomic E-state index is -0.380. The molecule has 0 spiro atoms. The summed E-state index contributed by atoms with van der Waals surface area (Å²) in [5.41, 5.74) is 8.64. The van der Waals surface area contributed by atoms with Crippen LogP contribution in [0.5, 0.6) is 0 Å². The molecule has 6 nitrogen and oxygen atoms in total. The summed E-state index contributed by atoms with van der Waals surface area (Å²) in [4.78, 5) is 10.6. The SMILES string of the molecule is C1=C(C2=NC(c3ccc4ccccc4c3)NC(c3cccc4oc5ccccc5c34)=N2)c2c(oc3c(-c4ccccc4)cccc23)CN1. The molecule has 48 heavy (non-hydrogen) atoms. The maximum atomic E-state index is 6.63. The van der Waals surface area contributed by atoms with Gasteiger partial charge in [0.2, 0.25) is 0 Å². The number of para-hydroxylation sites is 2. The fourth-order valence-electron chi connectivity index (χ4n) is 7.15. The summed E-state index contributed by atoms with van der Waals surface area (Å²) in [6.07, 6.45) is 1.65. The minimum absolute atomic E-state index is 0.380. The Kier molecular flexibility index (Phi) is 5.90. The Hall–Kier alpha value is -6.40. The summed E-state index contributed by atoms with van der Waals surface area (Å²) >= 11 is 0. The highest BCUT2D eigenvalue weighted by molar-refractivity contribution is 6.31. The first-order valence-corrected chi connectivity index (χ1v) is 16.1. The number of nitrogens with zero attached hydrogens (tertiary/aromatic N) is 2.